The summed E-state index contributed by atoms with van der Waals surface area (Å²) in [5.41, 5.74) is -0.908. The lowest BCUT2D eigenvalue weighted by Gasteiger charge is -2.27. The number of hydrogen-bond donors (Lipinski definition) is 3. The summed E-state index contributed by atoms with van der Waals surface area (Å²) >= 11 is 1.46. The Morgan fingerprint density at radius 1 is 1.61 bits per heavy atom. The second-order valence-corrected chi connectivity index (χ2v) is 5.92. The molecule has 1 unspecified atom stereocenters. The van der Waals surface area contributed by atoms with Crippen molar-refractivity contribution in [1.29, 1.82) is 0 Å². The number of aryl methyl sites for hydroxylation is 1. The van der Waals surface area contributed by atoms with Crippen LogP contribution in [0.5, 0.6) is 0 Å². The van der Waals surface area contributed by atoms with Gasteiger partial charge >= 0.3 is 6.03 Å². The highest BCUT2D eigenvalue weighted by Crippen LogP contribution is 2.18. The molecule has 0 saturated heterocycles. The van der Waals surface area contributed by atoms with E-state index in [2.05, 4.69) is 15.6 Å². The Kier molecular flexibility index (Phi) is 5.10. The molecule has 0 radical (unpaired) electrons. The van der Waals surface area contributed by atoms with Crippen molar-refractivity contribution >= 4 is 22.5 Å². The first-order valence-electron chi connectivity index (χ1n) is 6.07. The van der Waals surface area contributed by atoms with Gasteiger partial charge in [-0.1, -0.05) is 20.8 Å². The summed E-state index contributed by atoms with van der Waals surface area (Å²) in [7, 11) is 0. The van der Waals surface area contributed by atoms with E-state index in [0.717, 1.165) is 11.3 Å². The number of nitrogens with zero attached hydrogens (tertiary/aromatic N) is 1. The van der Waals surface area contributed by atoms with Crippen LogP contribution in [0, 0.1) is 5.92 Å². The second kappa shape index (κ2) is 6.15. The molecule has 0 aromatic carbocycles. The van der Waals surface area contributed by atoms with Crippen molar-refractivity contribution in [3.05, 3.63) is 11.1 Å². The Balaban J connectivity index is 2.42. The molecule has 1 aromatic heterocycles. The summed E-state index contributed by atoms with van der Waals surface area (Å²) in [6, 6.07) is -0.340. The normalized spacial score (nSPS) is 14.3. The molecule has 6 heteroatoms. The molecule has 0 aliphatic heterocycles. The average Bonchev–Trinajstić information content (AvgIpc) is 2.74. The first-order chi connectivity index (χ1) is 8.35. The second-order valence-electron chi connectivity index (χ2n) is 4.80. The number of amides is 2. The van der Waals surface area contributed by atoms with Crippen LogP contribution in [0.25, 0.3) is 0 Å². The highest BCUT2D eigenvalue weighted by molar-refractivity contribution is 7.15. The Labute approximate surface area is 112 Å². The molecule has 2 amide bonds. The Bertz CT molecular complexity index is 402. The van der Waals surface area contributed by atoms with Crippen LogP contribution in [0.1, 0.15) is 32.6 Å². The largest absolute Gasteiger partial charge is 0.388 e. The van der Waals surface area contributed by atoms with E-state index in [1.807, 2.05) is 20.8 Å². The van der Waals surface area contributed by atoms with Crippen LogP contribution in [0.15, 0.2) is 6.20 Å². The zero-order chi connectivity index (χ0) is 13.8. The number of nitrogens with one attached hydrogen (secondary N) is 2. The van der Waals surface area contributed by atoms with Gasteiger partial charge < -0.3 is 10.4 Å². The van der Waals surface area contributed by atoms with Gasteiger partial charge in [0.2, 0.25) is 0 Å². The van der Waals surface area contributed by atoms with Crippen molar-refractivity contribution in [2.24, 2.45) is 5.92 Å². The van der Waals surface area contributed by atoms with Gasteiger partial charge in [0.15, 0.2) is 5.13 Å². The van der Waals surface area contributed by atoms with Gasteiger partial charge in [-0.05, 0) is 19.3 Å². The molecule has 0 aliphatic rings. The third-order valence-corrected chi connectivity index (χ3v) is 4.03. The maximum atomic E-state index is 11.6. The van der Waals surface area contributed by atoms with Crippen LogP contribution in [0.4, 0.5) is 9.93 Å². The van der Waals surface area contributed by atoms with Crippen molar-refractivity contribution in [1.82, 2.24) is 10.3 Å². The van der Waals surface area contributed by atoms with Crippen LogP contribution in [0.2, 0.25) is 0 Å². The summed E-state index contributed by atoms with van der Waals surface area (Å²) in [5, 5.41) is 15.9. The van der Waals surface area contributed by atoms with Gasteiger partial charge in [-0.3, -0.25) is 5.32 Å². The molecule has 18 heavy (non-hydrogen) atoms. The average molecular weight is 271 g/mol. The highest BCUT2D eigenvalue weighted by atomic mass is 32.1. The monoisotopic (exact) mass is 271 g/mol. The first-order valence-corrected chi connectivity index (χ1v) is 6.88. The molecule has 0 spiro atoms. The van der Waals surface area contributed by atoms with Crippen LogP contribution >= 0.6 is 11.3 Å². The standard InChI is InChI=1S/C12H21N3O2S/c1-5-9-6-13-11(18-9)15-10(16)14-7-12(4,17)8(2)3/h6,8,17H,5,7H2,1-4H3,(H2,13,14,15,16). The van der Waals surface area contributed by atoms with Gasteiger partial charge in [0.05, 0.1) is 5.60 Å². The SMILES string of the molecule is CCc1cnc(NC(=O)NCC(C)(O)C(C)C)s1. The quantitative estimate of drug-likeness (QED) is 0.769. The number of aromatic nitrogens is 1. The lowest BCUT2D eigenvalue weighted by Crippen LogP contribution is -2.45. The Hall–Kier alpha value is -1.14. The molecule has 0 aliphatic carbocycles. The van der Waals surface area contributed by atoms with E-state index >= 15 is 0 Å². The van der Waals surface area contributed by atoms with Gasteiger partial charge in [-0.25, -0.2) is 9.78 Å². The van der Waals surface area contributed by atoms with Crippen molar-refractivity contribution in [3.63, 3.8) is 0 Å². The number of carbonyl (C=O) groups is 1. The lowest BCUT2D eigenvalue weighted by molar-refractivity contribution is 0.0170. The van der Waals surface area contributed by atoms with Crippen molar-refractivity contribution in [2.75, 3.05) is 11.9 Å². The van der Waals surface area contributed by atoms with E-state index in [1.165, 1.54) is 11.3 Å². The molecule has 1 atom stereocenters. The van der Waals surface area contributed by atoms with Crippen LogP contribution in [-0.2, 0) is 6.42 Å². The molecule has 102 valence electrons. The zero-order valence-corrected chi connectivity index (χ0v) is 12.1. The molecule has 0 bridgehead atoms. The third-order valence-electron chi connectivity index (χ3n) is 2.97. The van der Waals surface area contributed by atoms with E-state index in [-0.39, 0.29) is 18.5 Å². The van der Waals surface area contributed by atoms with Gasteiger partial charge in [0, 0.05) is 17.6 Å². The number of urea groups is 1. The maximum Gasteiger partial charge on any atom is 0.321 e. The van der Waals surface area contributed by atoms with Crippen molar-refractivity contribution in [2.45, 2.75) is 39.7 Å². The number of hydrogen-bond acceptors (Lipinski definition) is 4. The fourth-order valence-electron chi connectivity index (χ4n) is 1.13. The van der Waals surface area contributed by atoms with E-state index in [1.54, 1.807) is 13.1 Å². The van der Waals surface area contributed by atoms with Gasteiger partial charge in [-0.15, -0.1) is 11.3 Å². The summed E-state index contributed by atoms with van der Waals surface area (Å²) < 4.78 is 0. The van der Waals surface area contributed by atoms with Crippen LogP contribution < -0.4 is 10.6 Å². The molecule has 0 fully saturated rings. The highest BCUT2D eigenvalue weighted by Gasteiger charge is 2.25. The summed E-state index contributed by atoms with van der Waals surface area (Å²) in [6.45, 7) is 7.78. The molecular weight excluding hydrogens is 250 g/mol. The minimum absolute atomic E-state index is 0.0735. The Morgan fingerprint density at radius 3 is 2.78 bits per heavy atom. The lowest BCUT2D eigenvalue weighted by atomic mass is 9.93. The van der Waals surface area contributed by atoms with E-state index in [9.17, 15) is 9.90 Å². The number of aliphatic hydroxyl groups is 1. The molecule has 0 saturated carbocycles. The van der Waals surface area contributed by atoms with Crippen LogP contribution in [0.3, 0.4) is 0 Å². The summed E-state index contributed by atoms with van der Waals surface area (Å²) in [4.78, 5) is 16.8. The summed E-state index contributed by atoms with van der Waals surface area (Å²) in [6.07, 6.45) is 2.66. The molecule has 1 aromatic rings. The van der Waals surface area contributed by atoms with Crippen LogP contribution in [-0.4, -0.2) is 28.3 Å². The van der Waals surface area contributed by atoms with Gasteiger partial charge in [0.1, 0.15) is 0 Å². The van der Waals surface area contributed by atoms with Gasteiger partial charge in [-0.2, -0.15) is 0 Å². The third kappa shape index (κ3) is 4.27. The van der Waals surface area contributed by atoms with Crippen molar-refractivity contribution in [3.8, 4) is 0 Å². The smallest absolute Gasteiger partial charge is 0.321 e. The van der Waals surface area contributed by atoms with Gasteiger partial charge in [0.25, 0.3) is 0 Å². The van der Waals surface area contributed by atoms with E-state index < -0.39 is 5.60 Å². The molecule has 3 N–H and O–H groups in total. The summed E-state index contributed by atoms with van der Waals surface area (Å²) in [5.74, 6) is 0.0735. The van der Waals surface area contributed by atoms with E-state index in [0.29, 0.717) is 5.13 Å². The first kappa shape index (κ1) is 14.9. The fraction of sp³-hybridized carbons (Fsp3) is 0.667. The molecule has 5 nitrogen and oxygen atoms in total. The topological polar surface area (TPSA) is 74.2 Å². The number of carbonyl (C=O) groups excluding carboxylic acids is 1. The predicted octanol–water partition coefficient (Wildman–Crippen LogP) is 2.23. The maximum absolute atomic E-state index is 11.6. The molecule has 1 heterocycles. The number of thiazole rings is 1. The molecule has 1 rings (SSSR count). The zero-order valence-electron chi connectivity index (χ0n) is 11.3. The van der Waals surface area contributed by atoms with Crippen molar-refractivity contribution < 1.29 is 9.90 Å². The predicted molar refractivity (Wildman–Crippen MR) is 74.0 cm³/mol. The minimum atomic E-state index is -0.908. The number of anilines is 1. The number of rotatable bonds is 5. The molecular formula is C12H21N3O2S. The fourth-order valence-corrected chi connectivity index (χ4v) is 1.88. The Morgan fingerprint density at radius 2 is 2.28 bits per heavy atom. The minimum Gasteiger partial charge on any atom is -0.388 e. The van der Waals surface area contributed by atoms with E-state index in [4.69, 9.17) is 0 Å².